The van der Waals surface area contributed by atoms with E-state index in [1.807, 2.05) is 13.8 Å². The predicted molar refractivity (Wildman–Crippen MR) is 81.2 cm³/mol. The van der Waals surface area contributed by atoms with Crippen LogP contribution in [-0.4, -0.2) is 26.2 Å². The molecule has 0 saturated heterocycles. The number of rotatable bonds is 2. The summed E-state index contributed by atoms with van der Waals surface area (Å²) < 4.78 is 5.25. The fraction of sp³-hybridized carbons (Fsp3) is 0.357. The number of hydrogen-bond donors (Lipinski definition) is 1. The lowest BCUT2D eigenvalue weighted by molar-refractivity contribution is 0.102. The maximum Gasteiger partial charge on any atom is 0.259 e. The first-order valence-corrected chi connectivity index (χ1v) is 7.84. The second kappa shape index (κ2) is 4.84. The van der Waals surface area contributed by atoms with Gasteiger partial charge >= 0.3 is 0 Å². The Morgan fingerprint density at radius 1 is 1.27 bits per heavy atom. The second-order valence-corrected chi connectivity index (χ2v) is 6.48. The molecular formula is C14H13N5O2S. The van der Waals surface area contributed by atoms with Crippen LogP contribution in [0.3, 0.4) is 0 Å². The number of pyridine rings is 1. The minimum atomic E-state index is -0.201. The number of fused-ring (bicyclic) bond motifs is 2. The number of hydrogen-bond acceptors (Lipinski definition) is 7. The van der Waals surface area contributed by atoms with E-state index in [-0.39, 0.29) is 5.91 Å². The lowest BCUT2D eigenvalue weighted by Crippen LogP contribution is -2.15. The molecule has 3 aromatic rings. The number of nitrogens with one attached hydrogen (secondary N) is 1. The summed E-state index contributed by atoms with van der Waals surface area (Å²) in [7, 11) is 0. The van der Waals surface area contributed by atoms with Crippen LogP contribution in [-0.2, 0) is 12.8 Å². The summed E-state index contributed by atoms with van der Waals surface area (Å²) in [6.45, 7) is 3.67. The molecule has 1 aliphatic carbocycles. The van der Waals surface area contributed by atoms with E-state index < -0.39 is 0 Å². The van der Waals surface area contributed by atoms with Crippen molar-refractivity contribution in [3.8, 4) is 0 Å². The molecule has 112 valence electrons. The molecule has 0 fully saturated rings. The smallest absolute Gasteiger partial charge is 0.259 e. The summed E-state index contributed by atoms with van der Waals surface area (Å²) in [5.74, 6) is -0.201. The number of carbonyl (C=O) groups is 1. The first kappa shape index (κ1) is 13.3. The van der Waals surface area contributed by atoms with Crippen molar-refractivity contribution in [3.63, 3.8) is 0 Å². The van der Waals surface area contributed by atoms with Gasteiger partial charge in [-0.15, -0.1) is 10.2 Å². The van der Waals surface area contributed by atoms with E-state index in [2.05, 4.69) is 25.7 Å². The largest absolute Gasteiger partial charge is 0.336 e. The van der Waals surface area contributed by atoms with Gasteiger partial charge in [-0.25, -0.2) is 4.98 Å². The van der Waals surface area contributed by atoms with Gasteiger partial charge in [0.25, 0.3) is 11.6 Å². The Balaban J connectivity index is 1.86. The van der Waals surface area contributed by atoms with Gasteiger partial charge in [-0.2, -0.15) is 0 Å². The van der Waals surface area contributed by atoms with Crippen molar-refractivity contribution in [3.05, 3.63) is 27.5 Å². The molecule has 8 heteroatoms. The Kier molecular flexibility index (Phi) is 2.93. The second-order valence-electron chi connectivity index (χ2n) is 5.29. The van der Waals surface area contributed by atoms with E-state index in [0.29, 0.717) is 27.5 Å². The first-order valence-electron chi connectivity index (χ1n) is 7.02. The molecule has 0 atom stereocenters. The highest BCUT2D eigenvalue weighted by molar-refractivity contribution is 7.15. The van der Waals surface area contributed by atoms with Gasteiger partial charge in [-0.05, 0) is 38.7 Å². The van der Waals surface area contributed by atoms with E-state index in [9.17, 15) is 4.79 Å². The first-order chi connectivity index (χ1) is 10.6. The van der Waals surface area contributed by atoms with Crippen molar-refractivity contribution >= 4 is 33.5 Å². The molecule has 1 aliphatic rings. The van der Waals surface area contributed by atoms with Crippen molar-refractivity contribution in [1.29, 1.82) is 0 Å². The minimum absolute atomic E-state index is 0.201. The van der Waals surface area contributed by atoms with Crippen molar-refractivity contribution in [1.82, 2.24) is 20.3 Å². The van der Waals surface area contributed by atoms with Gasteiger partial charge in [-0.1, -0.05) is 16.5 Å². The number of aryl methyl sites for hydroxylation is 3. The van der Waals surface area contributed by atoms with Crippen molar-refractivity contribution < 1.29 is 9.32 Å². The molecule has 0 unspecified atom stereocenters. The van der Waals surface area contributed by atoms with Crippen LogP contribution < -0.4 is 5.32 Å². The van der Waals surface area contributed by atoms with Crippen LogP contribution in [0.25, 0.3) is 11.1 Å². The molecule has 0 spiro atoms. The number of anilines is 1. The molecule has 3 heterocycles. The molecule has 0 bridgehead atoms. The number of aromatic nitrogens is 4. The number of carbonyl (C=O) groups excluding carboxylic acids is 1. The van der Waals surface area contributed by atoms with E-state index in [0.717, 1.165) is 35.5 Å². The topological polar surface area (TPSA) is 93.8 Å². The third-order valence-corrected chi connectivity index (χ3v) is 4.55. The molecule has 3 aromatic heterocycles. The molecule has 0 radical (unpaired) electrons. The molecular weight excluding hydrogens is 302 g/mol. The summed E-state index contributed by atoms with van der Waals surface area (Å²) >= 11 is 1.35. The van der Waals surface area contributed by atoms with Crippen LogP contribution in [0.1, 0.15) is 38.7 Å². The summed E-state index contributed by atoms with van der Waals surface area (Å²) in [4.78, 5) is 17.3. The summed E-state index contributed by atoms with van der Waals surface area (Å²) in [6.07, 6.45) is 2.71. The normalized spacial score (nSPS) is 13.5. The molecule has 0 aliphatic heterocycles. The molecule has 1 N–H and O–H groups in total. The average Bonchev–Trinajstić information content (AvgIpc) is 3.18. The van der Waals surface area contributed by atoms with Gasteiger partial charge in [-0.3, -0.25) is 10.1 Å². The lowest BCUT2D eigenvalue weighted by Gasteiger charge is -2.08. The summed E-state index contributed by atoms with van der Waals surface area (Å²) in [5.41, 5.74) is 3.65. The van der Waals surface area contributed by atoms with E-state index in [1.54, 1.807) is 0 Å². The fourth-order valence-electron chi connectivity index (χ4n) is 2.87. The average molecular weight is 315 g/mol. The quantitative estimate of drug-likeness (QED) is 0.780. The number of amides is 1. The molecule has 0 saturated carbocycles. The van der Waals surface area contributed by atoms with Crippen molar-refractivity contribution in [2.75, 3.05) is 5.32 Å². The summed E-state index contributed by atoms with van der Waals surface area (Å²) in [5, 5.41) is 16.6. The van der Waals surface area contributed by atoms with Gasteiger partial charge in [0.15, 0.2) is 0 Å². The van der Waals surface area contributed by atoms with Crippen molar-refractivity contribution in [2.45, 2.75) is 33.1 Å². The van der Waals surface area contributed by atoms with E-state index in [1.165, 1.54) is 11.3 Å². The third kappa shape index (κ3) is 1.98. The fourth-order valence-corrected chi connectivity index (χ4v) is 3.46. The Morgan fingerprint density at radius 2 is 2.14 bits per heavy atom. The third-order valence-electron chi connectivity index (χ3n) is 3.80. The Bertz CT molecular complexity index is 898. The highest BCUT2D eigenvalue weighted by Crippen LogP contribution is 2.32. The van der Waals surface area contributed by atoms with Crippen LogP contribution in [0, 0.1) is 13.8 Å². The Labute approximate surface area is 129 Å². The highest BCUT2D eigenvalue weighted by atomic mass is 32.1. The molecule has 7 nitrogen and oxygen atoms in total. The van der Waals surface area contributed by atoms with Gasteiger partial charge in [0.2, 0.25) is 5.13 Å². The van der Waals surface area contributed by atoms with Crippen LogP contribution in [0.4, 0.5) is 5.13 Å². The highest BCUT2D eigenvalue weighted by Gasteiger charge is 2.27. The summed E-state index contributed by atoms with van der Waals surface area (Å²) in [6, 6.07) is 0. The van der Waals surface area contributed by atoms with Gasteiger partial charge in [0.1, 0.15) is 5.01 Å². The van der Waals surface area contributed by atoms with Crippen LogP contribution in [0.15, 0.2) is 4.52 Å². The Morgan fingerprint density at radius 3 is 2.91 bits per heavy atom. The van der Waals surface area contributed by atoms with Gasteiger partial charge in [0, 0.05) is 5.69 Å². The minimum Gasteiger partial charge on any atom is -0.336 e. The zero-order valence-corrected chi connectivity index (χ0v) is 13.0. The predicted octanol–water partition coefficient (Wildman–Crippen LogP) is 2.43. The van der Waals surface area contributed by atoms with Gasteiger partial charge in [0.05, 0.1) is 16.6 Å². The molecule has 4 rings (SSSR count). The number of nitrogens with zero attached hydrogens (tertiary/aromatic N) is 4. The standard InChI is InChI=1S/C14H13N5O2S/c1-6-10-11(12(20)16-14-18-17-7(2)22-14)8-4-3-5-9(8)15-13(10)21-19-6/h3-5H2,1-2H3,(H,16,18,20). The maximum absolute atomic E-state index is 12.8. The zero-order valence-electron chi connectivity index (χ0n) is 12.1. The van der Waals surface area contributed by atoms with E-state index >= 15 is 0 Å². The van der Waals surface area contributed by atoms with Crippen molar-refractivity contribution in [2.24, 2.45) is 0 Å². The molecule has 1 amide bonds. The maximum atomic E-state index is 12.8. The van der Waals surface area contributed by atoms with E-state index in [4.69, 9.17) is 4.52 Å². The van der Waals surface area contributed by atoms with Crippen LogP contribution in [0.2, 0.25) is 0 Å². The van der Waals surface area contributed by atoms with Crippen LogP contribution in [0.5, 0.6) is 0 Å². The lowest BCUT2D eigenvalue weighted by atomic mass is 10.0. The SMILES string of the molecule is Cc1nnc(NC(=O)c2c3c(nc4onc(C)c24)CCC3)s1. The Hall–Kier alpha value is -2.35. The van der Waals surface area contributed by atoms with Gasteiger partial charge < -0.3 is 4.52 Å². The monoisotopic (exact) mass is 315 g/mol. The van der Waals surface area contributed by atoms with Crippen LogP contribution >= 0.6 is 11.3 Å². The molecule has 0 aromatic carbocycles. The molecule has 22 heavy (non-hydrogen) atoms. The zero-order chi connectivity index (χ0) is 15.3.